The summed E-state index contributed by atoms with van der Waals surface area (Å²) in [5.41, 5.74) is 7.58. The zero-order valence-corrected chi connectivity index (χ0v) is 9.65. The lowest BCUT2D eigenvalue weighted by Crippen LogP contribution is -2.57. The maximum Gasteiger partial charge on any atom is 0.351 e. The van der Waals surface area contributed by atoms with E-state index in [1.807, 2.05) is 0 Å². The summed E-state index contributed by atoms with van der Waals surface area (Å²) in [5.74, 6) is -0.0632. The molecule has 9 heteroatoms. The number of aromatic nitrogens is 2. The number of hydrogen-bond acceptors (Lipinski definition) is 7. The summed E-state index contributed by atoms with van der Waals surface area (Å²) >= 11 is 0. The first-order valence-corrected chi connectivity index (χ1v) is 4.97. The van der Waals surface area contributed by atoms with Gasteiger partial charge in [0.2, 0.25) is 0 Å². The average molecular weight is 262 g/mol. The fraction of sp³-hybridized carbons (Fsp3) is 0.556. The minimum atomic E-state index is -2.24. The lowest BCUT2D eigenvalue weighted by atomic mass is 10.1. The number of rotatable bonds is 5. The van der Waals surface area contributed by atoms with Crippen LogP contribution in [0.25, 0.3) is 0 Å². The minimum absolute atomic E-state index is 0.0632. The van der Waals surface area contributed by atoms with E-state index >= 15 is 0 Å². The molecule has 1 aromatic heterocycles. The molecule has 0 amide bonds. The van der Waals surface area contributed by atoms with Crippen LogP contribution < -0.4 is 17.2 Å². The van der Waals surface area contributed by atoms with Crippen LogP contribution in [0.2, 0.25) is 0 Å². The van der Waals surface area contributed by atoms with E-state index in [9.17, 15) is 14.3 Å². The molecular formula is C9H15FN4O4. The highest BCUT2D eigenvalue weighted by Gasteiger charge is 2.41. The lowest BCUT2D eigenvalue weighted by molar-refractivity contribution is -0.148. The number of aliphatic hydroxyl groups is 2. The van der Waals surface area contributed by atoms with Gasteiger partial charge in [-0.3, -0.25) is 10.3 Å². The van der Waals surface area contributed by atoms with Gasteiger partial charge < -0.3 is 20.7 Å². The number of methoxy groups -OCH3 is 1. The second-order valence-corrected chi connectivity index (χ2v) is 3.67. The fourth-order valence-electron chi connectivity index (χ4n) is 1.28. The van der Waals surface area contributed by atoms with E-state index in [1.165, 1.54) is 6.07 Å². The Kier molecular flexibility index (Phi) is 4.35. The van der Waals surface area contributed by atoms with Crippen molar-refractivity contribution in [2.45, 2.75) is 18.1 Å². The normalized spacial score (nSPS) is 18.1. The Morgan fingerprint density at radius 2 is 2.33 bits per heavy atom. The molecule has 1 heterocycles. The van der Waals surface area contributed by atoms with Gasteiger partial charge in [0.05, 0.1) is 6.61 Å². The van der Waals surface area contributed by atoms with Gasteiger partial charge in [-0.05, 0) is 6.07 Å². The van der Waals surface area contributed by atoms with E-state index in [-0.39, 0.29) is 5.82 Å². The number of hydrogen-bond donors (Lipinski definition) is 4. The Morgan fingerprint density at radius 3 is 2.78 bits per heavy atom. The third kappa shape index (κ3) is 2.64. The zero-order valence-electron chi connectivity index (χ0n) is 9.65. The summed E-state index contributed by atoms with van der Waals surface area (Å²) in [6, 6.07) is 1.21. The van der Waals surface area contributed by atoms with E-state index in [2.05, 4.69) is 9.72 Å². The zero-order chi connectivity index (χ0) is 13.9. The highest BCUT2D eigenvalue weighted by molar-refractivity contribution is 5.23. The smallest absolute Gasteiger partial charge is 0.351 e. The number of nitrogen functional groups attached to an aromatic ring is 1. The molecule has 0 fully saturated rings. The van der Waals surface area contributed by atoms with Crippen LogP contribution in [0.5, 0.6) is 0 Å². The predicted octanol–water partition coefficient (Wildman–Crippen LogP) is -2.05. The summed E-state index contributed by atoms with van der Waals surface area (Å²) in [4.78, 5) is 14.7. The van der Waals surface area contributed by atoms with Gasteiger partial charge in [-0.15, -0.1) is 0 Å². The van der Waals surface area contributed by atoms with Crippen molar-refractivity contribution in [3.63, 3.8) is 0 Å². The maximum absolute atomic E-state index is 13.9. The van der Waals surface area contributed by atoms with Crippen molar-refractivity contribution in [1.82, 2.24) is 9.55 Å². The van der Waals surface area contributed by atoms with Crippen LogP contribution in [0.3, 0.4) is 0 Å². The molecule has 0 saturated carbocycles. The first-order chi connectivity index (χ1) is 8.35. The standard InChI is InChI=1S/C9H15FN4O4/c1-18-9(12,4-15)6(10)7(16)14-3-2-5(11)13-8(14)17/h2-3,6-7,15-16H,4,12H2,1H3,(H2,11,13,17)/t6-,7+,9+/m0/s1. The van der Waals surface area contributed by atoms with Crippen molar-refractivity contribution in [3.8, 4) is 0 Å². The summed E-state index contributed by atoms with van der Waals surface area (Å²) in [6.45, 7) is -0.876. The molecule has 0 spiro atoms. The average Bonchev–Trinajstić information content (AvgIpc) is 2.36. The van der Waals surface area contributed by atoms with Gasteiger partial charge in [-0.25, -0.2) is 9.18 Å². The molecule has 0 saturated heterocycles. The van der Waals surface area contributed by atoms with Crippen molar-refractivity contribution >= 4 is 5.82 Å². The summed E-state index contributed by atoms with van der Waals surface area (Å²) in [5, 5.41) is 18.6. The van der Waals surface area contributed by atoms with Crippen LogP contribution in [0.15, 0.2) is 17.1 Å². The molecule has 3 atom stereocenters. The van der Waals surface area contributed by atoms with Crippen molar-refractivity contribution < 1.29 is 19.3 Å². The first kappa shape index (κ1) is 14.5. The summed E-state index contributed by atoms with van der Waals surface area (Å²) in [7, 11) is 1.07. The van der Waals surface area contributed by atoms with Crippen molar-refractivity contribution in [2.24, 2.45) is 5.73 Å². The van der Waals surface area contributed by atoms with Crippen molar-refractivity contribution in [2.75, 3.05) is 19.5 Å². The van der Waals surface area contributed by atoms with E-state index in [0.29, 0.717) is 4.57 Å². The molecule has 1 aromatic rings. The molecular weight excluding hydrogens is 247 g/mol. The van der Waals surface area contributed by atoms with Gasteiger partial charge in [0.1, 0.15) is 5.82 Å². The number of halogens is 1. The molecule has 8 nitrogen and oxygen atoms in total. The molecule has 0 bridgehead atoms. The number of aliphatic hydroxyl groups excluding tert-OH is 2. The molecule has 0 aliphatic rings. The van der Waals surface area contributed by atoms with Gasteiger partial charge >= 0.3 is 5.69 Å². The molecule has 0 unspecified atom stereocenters. The lowest BCUT2D eigenvalue weighted by Gasteiger charge is -2.32. The number of alkyl halides is 1. The largest absolute Gasteiger partial charge is 0.392 e. The molecule has 1 rings (SSSR count). The third-order valence-corrected chi connectivity index (χ3v) is 2.49. The highest BCUT2D eigenvalue weighted by Crippen LogP contribution is 2.21. The molecule has 6 N–H and O–H groups in total. The molecule has 0 aliphatic heterocycles. The number of nitrogens with two attached hydrogens (primary N) is 2. The monoisotopic (exact) mass is 262 g/mol. The first-order valence-electron chi connectivity index (χ1n) is 4.97. The maximum atomic E-state index is 13.9. The van der Waals surface area contributed by atoms with Gasteiger partial charge in [0, 0.05) is 13.3 Å². The Balaban J connectivity index is 3.06. The number of ether oxygens (including phenoxy) is 1. The molecule has 0 aromatic carbocycles. The molecule has 102 valence electrons. The molecule has 0 radical (unpaired) electrons. The molecule has 0 aliphatic carbocycles. The van der Waals surface area contributed by atoms with Gasteiger partial charge in [-0.1, -0.05) is 0 Å². The summed E-state index contributed by atoms with van der Waals surface area (Å²) in [6.07, 6.45) is -3.13. The third-order valence-electron chi connectivity index (χ3n) is 2.49. The SMILES string of the molecule is CO[C@](N)(CO)[C@@H](F)[C@@H](O)n1ccc(N)nc1=O. The van der Waals surface area contributed by atoms with Crippen LogP contribution in [0.1, 0.15) is 6.23 Å². The Bertz CT molecular complexity index is 462. The second kappa shape index (κ2) is 5.40. The van der Waals surface area contributed by atoms with E-state index in [0.717, 1.165) is 13.3 Å². The van der Waals surface area contributed by atoms with Crippen molar-refractivity contribution in [3.05, 3.63) is 22.7 Å². The second-order valence-electron chi connectivity index (χ2n) is 3.67. The number of nitrogens with zero attached hydrogens (tertiary/aromatic N) is 2. The van der Waals surface area contributed by atoms with Gasteiger partial charge in [0.15, 0.2) is 18.1 Å². The van der Waals surface area contributed by atoms with Crippen LogP contribution in [-0.4, -0.2) is 45.4 Å². The fourth-order valence-corrected chi connectivity index (χ4v) is 1.28. The Hall–Kier alpha value is -1.55. The van der Waals surface area contributed by atoms with Crippen LogP contribution >= 0.6 is 0 Å². The van der Waals surface area contributed by atoms with E-state index in [1.54, 1.807) is 0 Å². The summed E-state index contributed by atoms with van der Waals surface area (Å²) < 4.78 is 19.1. The van der Waals surface area contributed by atoms with Crippen LogP contribution in [-0.2, 0) is 4.74 Å². The Morgan fingerprint density at radius 1 is 1.72 bits per heavy atom. The van der Waals surface area contributed by atoms with Gasteiger partial charge in [0.25, 0.3) is 0 Å². The van der Waals surface area contributed by atoms with E-state index in [4.69, 9.17) is 16.6 Å². The van der Waals surface area contributed by atoms with E-state index < -0.39 is 30.4 Å². The van der Waals surface area contributed by atoms with Crippen LogP contribution in [0, 0.1) is 0 Å². The number of anilines is 1. The highest BCUT2D eigenvalue weighted by atomic mass is 19.1. The Labute approximate surface area is 102 Å². The predicted molar refractivity (Wildman–Crippen MR) is 60.1 cm³/mol. The topological polar surface area (TPSA) is 137 Å². The van der Waals surface area contributed by atoms with Crippen molar-refractivity contribution in [1.29, 1.82) is 0 Å². The quantitative estimate of drug-likeness (QED) is 0.448. The van der Waals surface area contributed by atoms with Gasteiger partial charge in [-0.2, -0.15) is 4.98 Å². The minimum Gasteiger partial charge on any atom is -0.392 e. The molecule has 18 heavy (non-hydrogen) atoms. The van der Waals surface area contributed by atoms with Crippen LogP contribution in [0.4, 0.5) is 10.2 Å².